The Labute approximate surface area is 120 Å². The fourth-order valence-electron chi connectivity index (χ4n) is 2.00. The van der Waals surface area contributed by atoms with Crippen LogP contribution in [0.2, 0.25) is 0 Å². The van der Waals surface area contributed by atoms with Gasteiger partial charge in [0.25, 0.3) is 0 Å². The van der Waals surface area contributed by atoms with Crippen molar-refractivity contribution in [2.24, 2.45) is 11.8 Å². The number of aldehydes is 1. The quantitative estimate of drug-likeness (QED) is 0.416. The highest BCUT2D eigenvalue weighted by molar-refractivity contribution is 5.75. The van der Waals surface area contributed by atoms with Gasteiger partial charge >= 0.3 is 5.97 Å². The molecule has 0 spiro atoms. The average Bonchev–Trinajstić information content (AvgIpc) is 2.44. The van der Waals surface area contributed by atoms with Crippen molar-refractivity contribution >= 4 is 12.3 Å². The van der Waals surface area contributed by atoms with Crippen LogP contribution < -0.4 is 4.74 Å². The second-order valence-corrected chi connectivity index (χ2v) is 4.97. The van der Waals surface area contributed by atoms with E-state index in [1.54, 1.807) is 24.3 Å². The zero-order valence-electron chi connectivity index (χ0n) is 12.3. The molecule has 20 heavy (non-hydrogen) atoms. The lowest BCUT2D eigenvalue weighted by Crippen LogP contribution is -2.24. The third-order valence-electron chi connectivity index (χ3n) is 3.14. The fraction of sp³-hybridized carbons (Fsp3) is 0.500. The van der Waals surface area contributed by atoms with Crippen LogP contribution in [0.3, 0.4) is 0 Å². The van der Waals surface area contributed by atoms with Crippen LogP contribution in [0, 0.1) is 11.8 Å². The van der Waals surface area contributed by atoms with Crippen molar-refractivity contribution in [3.63, 3.8) is 0 Å². The Morgan fingerprint density at radius 1 is 1.30 bits per heavy atom. The van der Waals surface area contributed by atoms with Gasteiger partial charge < -0.3 is 9.47 Å². The van der Waals surface area contributed by atoms with Gasteiger partial charge in [-0.3, -0.25) is 9.59 Å². The summed E-state index contributed by atoms with van der Waals surface area (Å²) >= 11 is 0. The van der Waals surface area contributed by atoms with Crippen LogP contribution in [-0.4, -0.2) is 25.5 Å². The molecule has 0 aromatic heterocycles. The third kappa shape index (κ3) is 5.03. The molecule has 0 fully saturated rings. The van der Waals surface area contributed by atoms with E-state index in [1.165, 1.54) is 0 Å². The molecule has 0 bridgehead atoms. The van der Waals surface area contributed by atoms with Gasteiger partial charge in [-0.05, 0) is 24.5 Å². The second-order valence-electron chi connectivity index (χ2n) is 4.97. The van der Waals surface area contributed by atoms with Gasteiger partial charge in [0.05, 0.1) is 5.92 Å². The first-order chi connectivity index (χ1) is 9.58. The van der Waals surface area contributed by atoms with Crippen LogP contribution in [0.15, 0.2) is 24.3 Å². The number of carbonyl (C=O) groups excluding carboxylic acids is 2. The number of esters is 1. The molecule has 0 aliphatic carbocycles. The van der Waals surface area contributed by atoms with Crippen molar-refractivity contribution in [3.8, 4) is 5.75 Å². The minimum atomic E-state index is -0.173. The van der Waals surface area contributed by atoms with Gasteiger partial charge in [0, 0.05) is 5.56 Å². The van der Waals surface area contributed by atoms with Crippen LogP contribution in [0.4, 0.5) is 0 Å². The molecule has 0 aliphatic rings. The molecule has 0 radical (unpaired) electrons. The Kier molecular flexibility index (Phi) is 6.77. The first-order valence-electron chi connectivity index (χ1n) is 6.93. The summed E-state index contributed by atoms with van der Waals surface area (Å²) in [6.07, 6.45) is 1.54. The Morgan fingerprint density at radius 2 is 2.05 bits per heavy atom. The van der Waals surface area contributed by atoms with E-state index in [0.717, 1.165) is 12.7 Å². The molecule has 4 heteroatoms. The maximum Gasteiger partial charge on any atom is 0.309 e. The fourth-order valence-corrected chi connectivity index (χ4v) is 2.00. The van der Waals surface area contributed by atoms with E-state index in [4.69, 9.17) is 9.47 Å². The maximum atomic E-state index is 11.8. The van der Waals surface area contributed by atoms with Crippen molar-refractivity contribution in [1.29, 1.82) is 0 Å². The highest BCUT2D eigenvalue weighted by atomic mass is 16.6. The molecule has 1 rings (SSSR count). The zero-order chi connectivity index (χ0) is 15.0. The largest absolute Gasteiger partial charge is 0.490 e. The summed E-state index contributed by atoms with van der Waals surface area (Å²) in [6.45, 7) is 6.50. The number of hydrogen-bond donors (Lipinski definition) is 0. The van der Waals surface area contributed by atoms with E-state index in [-0.39, 0.29) is 31.0 Å². The van der Waals surface area contributed by atoms with Gasteiger partial charge in [-0.25, -0.2) is 0 Å². The molecule has 1 unspecified atom stereocenters. The topological polar surface area (TPSA) is 52.6 Å². The monoisotopic (exact) mass is 278 g/mol. The van der Waals surface area contributed by atoms with Gasteiger partial charge in [-0.2, -0.15) is 0 Å². The van der Waals surface area contributed by atoms with Crippen molar-refractivity contribution in [2.75, 3.05) is 13.2 Å². The van der Waals surface area contributed by atoms with Crippen molar-refractivity contribution < 1.29 is 19.1 Å². The first-order valence-corrected chi connectivity index (χ1v) is 6.93. The van der Waals surface area contributed by atoms with E-state index in [9.17, 15) is 9.59 Å². The van der Waals surface area contributed by atoms with Crippen molar-refractivity contribution in [3.05, 3.63) is 29.8 Å². The predicted octanol–water partition coefficient (Wildman–Crippen LogP) is 3.10. The Hall–Kier alpha value is -1.84. The summed E-state index contributed by atoms with van der Waals surface area (Å²) in [6, 6.07) is 6.86. The first kappa shape index (κ1) is 16.2. The van der Waals surface area contributed by atoms with E-state index in [1.807, 2.05) is 20.8 Å². The predicted molar refractivity (Wildman–Crippen MR) is 76.9 cm³/mol. The molecule has 110 valence electrons. The summed E-state index contributed by atoms with van der Waals surface area (Å²) < 4.78 is 10.6. The van der Waals surface area contributed by atoms with Crippen molar-refractivity contribution in [2.45, 2.75) is 27.2 Å². The van der Waals surface area contributed by atoms with Crippen LogP contribution in [0.5, 0.6) is 5.75 Å². The third-order valence-corrected chi connectivity index (χ3v) is 3.14. The molecule has 0 saturated heterocycles. The van der Waals surface area contributed by atoms with Gasteiger partial charge in [0.1, 0.15) is 25.2 Å². The maximum absolute atomic E-state index is 11.8. The van der Waals surface area contributed by atoms with Crippen molar-refractivity contribution in [1.82, 2.24) is 0 Å². The molecular formula is C16H22O4. The summed E-state index contributed by atoms with van der Waals surface area (Å²) in [7, 11) is 0. The SMILES string of the molecule is CCC(C(=O)OCCOc1cccc(C=O)c1)C(C)C. The standard InChI is InChI=1S/C16H22O4/c1-4-15(12(2)3)16(18)20-9-8-19-14-7-5-6-13(10-14)11-17/h5-7,10-12,15H,4,8-9H2,1-3H3. The summed E-state index contributed by atoms with van der Waals surface area (Å²) in [5.74, 6) is 0.639. The lowest BCUT2D eigenvalue weighted by atomic mass is 9.94. The number of ether oxygens (including phenoxy) is 2. The lowest BCUT2D eigenvalue weighted by Gasteiger charge is -2.17. The van der Waals surface area contributed by atoms with Gasteiger partial charge in [0.2, 0.25) is 0 Å². The van der Waals surface area contributed by atoms with Gasteiger partial charge in [0.15, 0.2) is 0 Å². The molecule has 0 aliphatic heterocycles. The minimum absolute atomic E-state index is 0.0617. The zero-order valence-corrected chi connectivity index (χ0v) is 12.3. The Bertz CT molecular complexity index is 440. The van der Waals surface area contributed by atoms with E-state index >= 15 is 0 Å². The van der Waals surface area contributed by atoms with E-state index in [2.05, 4.69) is 0 Å². The van der Waals surface area contributed by atoms with Gasteiger partial charge in [-0.1, -0.05) is 32.9 Å². The molecule has 0 N–H and O–H groups in total. The summed E-state index contributed by atoms with van der Waals surface area (Å²) in [5.41, 5.74) is 0.561. The smallest absolute Gasteiger partial charge is 0.309 e. The van der Waals surface area contributed by atoms with Crippen LogP contribution in [0.25, 0.3) is 0 Å². The summed E-state index contributed by atoms with van der Waals surface area (Å²) in [5, 5.41) is 0. The highest BCUT2D eigenvalue weighted by Gasteiger charge is 2.21. The highest BCUT2D eigenvalue weighted by Crippen LogP contribution is 2.16. The number of carbonyl (C=O) groups is 2. The van der Waals surface area contributed by atoms with Crippen LogP contribution in [0.1, 0.15) is 37.6 Å². The molecule has 0 saturated carbocycles. The lowest BCUT2D eigenvalue weighted by molar-refractivity contribution is -0.151. The molecule has 1 aromatic rings. The molecule has 0 heterocycles. The Balaban J connectivity index is 2.34. The number of benzene rings is 1. The number of hydrogen-bond acceptors (Lipinski definition) is 4. The Morgan fingerprint density at radius 3 is 2.65 bits per heavy atom. The number of rotatable bonds is 8. The minimum Gasteiger partial charge on any atom is -0.490 e. The van der Waals surface area contributed by atoms with Crippen LogP contribution >= 0.6 is 0 Å². The average molecular weight is 278 g/mol. The molecule has 0 amide bonds. The molecule has 1 aromatic carbocycles. The van der Waals surface area contributed by atoms with Crippen LogP contribution in [-0.2, 0) is 9.53 Å². The van der Waals surface area contributed by atoms with Gasteiger partial charge in [-0.15, -0.1) is 0 Å². The summed E-state index contributed by atoms with van der Waals surface area (Å²) in [4.78, 5) is 22.4. The molecule has 1 atom stereocenters. The second kappa shape index (κ2) is 8.35. The van der Waals surface area contributed by atoms with E-state index in [0.29, 0.717) is 11.3 Å². The molecule has 4 nitrogen and oxygen atoms in total. The molecular weight excluding hydrogens is 256 g/mol. The van der Waals surface area contributed by atoms with E-state index < -0.39 is 0 Å². The normalized spacial score (nSPS) is 12.0.